The summed E-state index contributed by atoms with van der Waals surface area (Å²) in [5.74, 6) is 1.10. The number of nitrogens with one attached hydrogen (secondary N) is 2. The van der Waals surface area contributed by atoms with Crippen LogP contribution in [0, 0.1) is 0 Å². The Kier molecular flexibility index (Phi) is 4.36. The Morgan fingerprint density at radius 3 is 2.73 bits per heavy atom. The maximum Gasteiger partial charge on any atom is 0.259 e. The molecule has 0 atom stereocenters. The minimum Gasteiger partial charge on any atom is -0.309 e. The minimum absolute atomic E-state index is 0.0512. The van der Waals surface area contributed by atoms with Crippen molar-refractivity contribution in [2.24, 2.45) is 0 Å². The summed E-state index contributed by atoms with van der Waals surface area (Å²) >= 11 is 1.60. The highest BCUT2D eigenvalue weighted by atomic mass is 32.1. The van der Waals surface area contributed by atoms with Gasteiger partial charge in [-0.3, -0.25) is 4.79 Å². The average molecular weight is 313 g/mol. The molecule has 3 aromatic rings. The summed E-state index contributed by atoms with van der Waals surface area (Å²) in [5, 5.41) is 4.01. The molecule has 0 aliphatic rings. The summed E-state index contributed by atoms with van der Waals surface area (Å²) in [6, 6.07) is 12.1. The van der Waals surface area contributed by atoms with Gasteiger partial charge in [0, 0.05) is 11.4 Å². The van der Waals surface area contributed by atoms with Crippen LogP contribution in [0.15, 0.2) is 41.2 Å². The van der Waals surface area contributed by atoms with Crippen LogP contribution in [-0.2, 0) is 13.1 Å². The molecule has 3 rings (SSSR count). The van der Waals surface area contributed by atoms with Crippen molar-refractivity contribution in [3.05, 3.63) is 63.0 Å². The van der Waals surface area contributed by atoms with Crippen LogP contribution in [0.4, 0.5) is 0 Å². The van der Waals surface area contributed by atoms with Crippen molar-refractivity contribution in [2.75, 3.05) is 0 Å². The van der Waals surface area contributed by atoms with Crippen LogP contribution in [0.5, 0.6) is 0 Å². The van der Waals surface area contributed by atoms with E-state index >= 15 is 0 Å². The van der Waals surface area contributed by atoms with Crippen LogP contribution in [0.3, 0.4) is 0 Å². The second-order valence-electron chi connectivity index (χ2n) is 5.62. The van der Waals surface area contributed by atoms with Gasteiger partial charge in [0.1, 0.15) is 10.7 Å². The van der Waals surface area contributed by atoms with Gasteiger partial charge >= 0.3 is 0 Å². The molecule has 0 amide bonds. The lowest BCUT2D eigenvalue weighted by atomic mass is 10.2. The zero-order chi connectivity index (χ0) is 15.5. The summed E-state index contributed by atoms with van der Waals surface area (Å²) in [6.07, 6.45) is 0. The van der Waals surface area contributed by atoms with Gasteiger partial charge in [0.25, 0.3) is 5.56 Å². The fourth-order valence-electron chi connectivity index (χ4n) is 2.28. The average Bonchev–Trinajstić information content (AvgIpc) is 2.93. The minimum atomic E-state index is -0.0512. The van der Waals surface area contributed by atoms with E-state index < -0.39 is 0 Å². The van der Waals surface area contributed by atoms with Crippen LogP contribution < -0.4 is 10.9 Å². The van der Waals surface area contributed by atoms with Crippen LogP contribution in [0.25, 0.3) is 10.2 Å². The number of aromatic amines is 1. The molecule has 2 heterocycles. The number of fused-ring (bicyclic) bond motifs is 1. The van der Waals surface area contributed by atoms with Crippen molar-refractivity contribution in [2.45, 2.75) is 32.9 Å². The molecule has 2 aromatic heterocycles. The van der Waals surface area contributed by atoms with Crippen LogP contribution in [0.1, 0.15) is 36.0 Å². The number of hydrogen-bond donors (Lipinski definition) is 2. The summed E-state index contributed by atoms with van der Waals surface area (Å²) < 4.78 is 0. The third-order valence-corrected chi connectivity index (χ3v) is 4.83. The first-order valence-corrected chi connectivity index (χ1v) is 8.22. The quantitative estimate of drug-likeness (QED) is 0.759. The van der Waals surface area contributed by atoms with Crippen molar-refractivity contribution in [3.8, 4) is 0 Å². The third kappa shape index (κ3) is 3.26. The number of benzene rings is 1. The molecule has 0 radical (unpaired) electrons. The summed E-state index contributed by atoms with van der Waals surface area (Å²) in [6.45, 7) is 5.56. The number of thiophene rings is 1. The highest BCUT2D eigenvalue weighted by Crippen LogP contribution is 2.27. The van der Waals surface area contributed by atoms with Crippen molar-refractivity contribution >= 4 is 21.6 Å². The first-order valence-electron chi connectivity index (χ1n) is 7.41. The highest BCUT2D eigenvalue weighted by Gasteiger charge is 2.10. The Labute approximate surface area is 133 Å². The van der Waals surface area contributed by atoms with Gasteiger partial charge < -0.3 is 10.3 Å². The van der Waals surface area contributed by atoms with E-state index in [9.17, 15) is 4.79 Å². The molecule has 0 bridgehead atoms. The molecule has 4 nitrogen and oxygen atoms in total. The largest absolute Gasteiger partial charge is 0.309 e. The normalized spacial score (nSPS) is 11.4. The van der Waals surface area contributed by atoms with Crippen LogP contribution >= 0.6 is 11.3 Å². The van der Waals surface area contributed by atoms with Gasteiger partial charge in [-0.15, -0.1) is 11.3 Å². The number of nitrogens with zero attached hydrogens (tertiary/aromatic N) is 1. The first kappa shape index (κ1) is 14.9. The van der Waals surface area contributed by atoms with Crippen molar-refractivity contribution in [3.63, 3.8) is 0 Å². The molecule has 5 heteroatoms. The monoisotopic (exact) mass is 313 g/mol. The number of rotatable bonds is 5. The van der Waals surface area contributed by atoms with E-state index in [1.165, 1.54) is 10.4 Å². The van der Waals surface area contributed by atoms with Gasteiger partial charge in [-0.1, -0.05) is 44.2 Å². The van der Waals surface area contributed by atoms with E-state index in [-0.39, 0.29) is 5.56 Å². The van der Waals surface area contributed by atoms with E-state index in [4.69, 9.17) is 0 Å². The molecule has 0 saturated carbocycles. The standard InChI is InChI=1S/C17H19N3OS/c1-11(2)14-8-13-16(21)19-15(20-17(13)22-14)10-18-9-12-6-4-3-5-7-12/h3-8,11,18H,9-10H2,1-2H3,(H,19,20,21). The molecule has 0 fully saturated rings. The van der Waals surface area contributed by atoms with Gasteiger partial charge in [0.05, 0.1) is 11.9 Å². The summed E-state index contributed by atoms with van der Waals surface area (Å²) in [5.41, 5.74) is 1.16. The van der Waals surface area contributed by atoms with Gasteiger partial charge in [-0.05, 0) is 17.5 Å². The summed E-state index contributed by atoms with van der Waals surface area (Å²) in [4.78, 5) is 21.6. The molecule has 0 aliphatic carbocycles. The zero-order valence-corrected chi connectivity index (χ0v) is 13.5. The molecule has 1 aromatic carbocycles. The van der Waals surface area contributed by atoms with E-state index in [2.05, 4.69) is 41.3 Å². The molecular weight excluding hydrogens is 294 g/mol. The van der Waals surface area contributed by atoms with Crippen LogP contribution in [0.2, 0.25) is 0 Å². The second kappa shape index (κ2) is 6.42. The second-order valence-corrected chi connectivity index (χ2v) is 6.69. The lowest BCUT2D eigenvalue weighted by Gasteiger charge is -2.04. The molecular formula is C17H19N3OS. The van der Waals surface area contributed by atoms with E-state index in [1.54, 1.807) is 11.3 Å². The molecule has 22 heavy (non-hydrogen) atoms. The lowest BCUT2D eigenvalue weighted by Crippen LogP contribution is -2.18. The van der Waals surface area contributed by atoms with Gasteiger partial charge in [0.2, 0.25) is 0 Å². The zero-order valence-electron chi connectivity index (χ0n) is 12.7. The number of aromatic nitrogens is 2. The van der Waals surface area contributed by atoms with Crippen molar-refractivity contribution in [1.82, 2.24) is 15.3 Å². The molecule has 2 N–H and O–H groups in total. The predicted octanol–water partition coefficient (Wildman–Crippen LogP) is 3.40. The third-order valence-electron chi connectivity index (χ3n) is 3.50. The van der Waals surface area contributed by atoms with Gasteiger partial charge in [-0.25, -0.2) is 4.98 Å². The lowest BCUT2D eigenvalue weighted by molar-refractivity contribution is 0.663. The fourth-order valence-corrected chi connectivity index (χ4v) is 3.34. The van der Waals surface area contributed by atoms with Gasteiger partial charge in [0.15, 0.2) is 0 Å². The van der Waals surface area contributed by atoms with E-state index in [1.807, 2.05) is 24.3 Å². The maximum atomic E-state index is 12.2. The topological polar surface area (TPSA) is 57.8 Å². The molecule has 0 saturated heterocycles. The Balaban J connectivity index is 1.75. The first-order chi connectivity index (χ1) is 10.6. The SMILES string of the molecule is CC(C)c1cc2c(=O)[nH]c(CNCc3ccccc3)nc2s1. The van der Waals surface area contributed by atoms with Gasteiger partial charge in [-0.2, -0.15) is 0 Å². The Morgan fingerprint density at radius 2 is 2.00 bits per heavy atom. The molecule has 0 aliphatic heterocycles. The smallest absolute Gasteiger partial charge is 0.259 e. The summed E-state index contributed by atoms with van der Waals surface area (Å²) in [7, 11) is 0. The van der Waals surface area contributed by atoms with Crippen molar-refractivity contribution < 1.29 is 0 Å². The Morgan fingerprint density at radius 1 is 1.23 bits per heavy atom. The van der Waals surface area contributed by atoms with Crippen molar-refractivity contribution in [1.29, 1.82) is 0 Å². The fraction of sp³-hybridized carbons (Fsp3) is 0.294. The molecule has 114 valence electrons. The maximum absolute atomic E-state index is 12.2. The van der Waals surface area contributed by atoms with Crippen LogP contribution in [-0.4, -0.2) is 9.97 Å². The number of H-pyrrole nitrogens is 1. The molecule has 0 spiro atoms. The van der Waals surface area contributed by atoms with E-state index in [0.29, 0.717) is 23.7 Å². The van der Waals surface area contributed by atoms with E-state index in [0.717, 1.165) is 11.4 Å². The highest BCUT2D eigenvalue weighted by molar-refractivity contribution is 7.18. The Bertz CT molecular complexity index is 821. The predicted molar refractivity (Wildman–Crippen MR) is 91.3 cm³/mol. The number of hydrogen-bond acceptors (Lipinski definition) is 4. The molecule has 0 unspecified atom stereocenters. The Hall–Kier alpha value is -1.98.